The Bertz CT molecular complexity index is 584. The zero-order valence-corrected chi connectivity index (χ0v) is 15.4. The summed E-state index contributed by atoms with van der Waals surface area (Å²) in [7, 11) is -3.46. The fraction of sp³-hybridized carbons (Fsp3) is 0.647. The Morgan fingerprint density at radius 3 is 2.38 bits per heavy atom. The molecule has 1 heterocycles. The Morgan fingerprint density at radius 2 is 1.79 bits per heavy atom. The molecule has 24 heavy (non-hydrogen) atoms. The number of morpholine rings is 1. The third-order valence-electron chi connectivity index (χ3n) is 4.27. The molecule has 2 rings (SSSR count). The van der Waals surface area contributed by atoms with Gasteiger partial charge in [-0.25, -0.2) is 9.44 Å². The second kappa shape index (κ2) is 9.48. The highest BCUT2D eigenvalue weighted by molar-refractivity contribution is 7.87. The van der Waals surface area contributed by atoms with Gasteiger partial charge >= 0.3 is 0 Å². The average Bonchev–Trinajstić information content (AvgIpc) is 2.61. The topological polar surface area (TPSA) is 70.7 Å². The van der Waals surface area contributed by atoms with E-state index in [4.69, 9.17) is 4.74 Å². The quantitative estimate of drug-likeness (QED) is 0.703. The van der Waals surface area contributed by atoms with Crippen molar-refractivity contribution in [1.29, 1.82) is 0 Å². The van der Waals surface area contributed by atoms with Gasteiger partial charge in [0.25, 0.3) is 10.2 Å². The van der Waals surface area contributed by atoms with E-state index in [0.717, 1.165) is 31.5 Å². The van der Waals surface area contributed by atoms with Gasteiger partial charge in [-0.2, -0.15) is 8.42 Å². The van der Waals surface area contributed by atoms with E-state index in [9.17, 15) is 8.42 Å². The minimum atomic E-state index is -3.46. The van der Waals surface area contributed by atoms with Gasteiger partial charge in [0, 0.05) is 32.2 Å². The lowest BCUT2D eigenvalue weighted by atomic mass is 10.0. The standard InChI is InChI=1S/C17H29N3O3S/c1-3-9-18-24(21,22)19-14-17(20-10-12-23-13-11-20)16-7-5-15(4-2)6-8-16/h5-8,17-19H,3-4,9-14H2,1-2H3. The Morgan fingerprint density at radius 1 is 1.12 bits per heavy atom. The molecule has 1 aliphatic rings. The first-order chi connectivity index (χ1) is 11.6. The third-order valence-corrected chi connectivity index (χ3v) is 5.40. The van der Waals surface area contributed by atoms with Crippen molar-refractivity contribution < 1.29 is 13.2 Å². The van der Waals surface area contributed by atoms with Crippen LogP contribution in [0.15, 0.2) is 24.3 Å². The van der Waals surface area contributed by atoms with E-state index in [-0.39, 0.29) is 6.04 Å². The number of benzene rings is 1. The van der Waals surface area contributed by atoms with Gasteiger partial charge in [0.15, 0.2) is 0 Å². The lowest BCUT2D eigenvalue weighted by Crippen LogP contribution is -2.46. The molecule has 7 heteroatoms. The highest BCUT2D eigenvalue weighted by atomic mass is 32.2. The summed E-state index contributed by atoms with van der Waals surface area (Å²) in [5.41, 5.74) is 2.41. The van der Waals surface area contributed by atoms with E-state index in [1.807, 2.05) is 6.92 Å². The molecule has 0 amide bonds. The molecule has 1 fully saturated rings. The number of hydrogen-bond donors (Lipinski definition) is 2. The third kappa shape index (κ3) is 5.82. The molecule has 0 radical (unpaired) electrons. The zero-order chi connectivity index (χ0) is 17.4. The highest BCUT2D eigenvalue weighted by Gasteiger charge is 2.24. The fourth-order valence-electron chi connectivity index (χ4n) is 2.80. The van der Waals surface area contributed by atoms with Crippen LogP contribution in [0.2, 0.25) is 0 Å². The number of rotatable bonds is 9. The van der Waals surface area contributed by atoms with E-state index in [1.54, 1.807) is 0 Å². The van der Waals surface area contributed by atoms with Crippen LogP contribution in [0.1, 0.15) is 37.4 Å². The summed E-state index contributed by atoms with van der Waals surface area (Å²) in [6.45, 7) is 7.85. The van der Waals surface area contributed by atoms with E-state index >= 15 is 0 Å². The van der Waals surface area contributed by atoms with Crippen molar-refractivity contribution in [1.82, 2.24) is 14.3 Å². The van der Waals surface area contributed by atoms with Crippen LogP contribution in [0.3, 0.4) is 0 Å². The van der Waals surface area contributed by atoms with Gasteiger partial charge in [-0.3, -0.25) is 4.90 Å². The fourth-order valence-corrected chi connectivity index (χ4v) is 3.75. The van der Waals surface area contributed by atoms with Crippen molar-refractivity contribution >= 4 is 10.2 Å². The van der Waals surface area contributed by atoms with Crippen LogP contribution in [0.25, 0.3) is 0 Å². The van der Waals surface area contributed by atoms with Crippen LogP contribution >= 0.6 is 0 Å². The molecule has 1 aromatic rings. The minimum Gasteiger partial charge on any atom is -0.379 e. The second-order valence-corrected chi connectivity index (χ2v) is 7.59. The van der Waals surface area contributed by atoms with Gasteiger partial charge in [0.1, 0.15) is 0 Å². The predicted octanol–water partition coefficient (Wildman–Crippen LogP) is 1.46. The molecular weight excluding hydrogens is 326 g/mol. The van der Waals surface area contributed by atoms with Crippen molar-refractivity contribution in [3.8, 4) is 0 Å². The molecule has 1 unspecified atom stereocenters. The van der Waals surface area contributed by atoms with Crippen LogP contribution in [0.5, 0.6) is 0 Å². The number of hydrogen-bond acceptors (Lipinski definition) is 4. The lowest BCUT2D eigenvalue weighted by molar-refractivity contribution is 0.0172. The summed E-state index contributed by atoms with van der Waals surface area (Å²) >= 11 is 0. The van der Waals surface area contributed by atoms with Crippen molar-refractivity contribution in [3.63, 3.8) is 0 Å². The summed E-state index contributed by atoms with van der Waals surface area (Å²) < 4.78 is 34.8. The van der Waals surface area contributed by atoms with Crippen molar-refractivity contribution in [2.45, 2.75) is 32.7 Å². The Balaban J connectivity index is 2.10. The number of ether oxygens (including phenoxy) is 1. The summed E-state index contributed by atoms with van der Waals surface area (Å²) in [6.07, 6.45) is 1.77. The Kier molecular flexibility index (Phi) is 7.64. The van der Waals surface area contributed by atoms with E-state index in [1.165, 1.54) is 5.56 Å². The highest BCUT2D eigenvalue weighted by Crippen LogP contribution is 2.22. The number of nitrogens with zero attached hydrogens (tertiary/aromatic N) is 1. The maximum atomic E-state index is 12.0. The second-order valence-electron chi connectivity index (χ2n) is 6.01. The van der Waals surface area contributed by atoms with Gasteiger partial charge in [-0.1, -0.05) is 38.1 Å². The Labute approximate surface area is 145 Å². The van der Waals surface area contributed by atoms with E-state index in [0.29, 0.717) is 26.3 Å². The number of aryl methyl sites for hydroxylation is 1. The Hall–Kier alpha value is -0.990. The smallest absolute Gasteiger partial charge is 0.276 e. The molecule has 0 aliphatic carbocycles. The maximum Gasteiger partial charge on any atom is 0.276 e. The van der Waals surface area contributed by atoms with Gasteiger partial charge in [-0.15, -0.1) is 0 Å². The van der Waals surface area contributed by atoms with Crippen LogP contribution in [-0.4, -0.2) is 52.7 Å². The molecule has 1 atom stereocenters. The van der Waals surface area contributed by atoms with Crippen molar-refractivity contribution in [2.75, 3.05) is 39.4 Å². The van der Waals surface area contributed by atoms with Crippen molar-refractivity contribution in [3.05, 3.63) is 35.4 Å². The molecule has 136 valence electrons. The molecule has 1 aromatic carbocycles. The molecule has 1 aliphatic heterocycles. The predicted molar refractivity (Wildman–Crippen MR) is 96.2 cm³/mol. The summed E-state index contributed by atoms with van der Waals surface area (Å²) in [5, 5.41) is 0. The van der Waals surface area contributed by atoms with Crippen LogP contribution < -0.4 is 9.44 Å². The van der Waals surface area contributed by atoms with Gasteiger partial charge in [0.2, 0.25) is 0 Å². The monoisotopic (exact) mass is 355 g/mol. The van der Waals surface area contributed by atoms with Crippen LogP contribution in [0.4, 0.5) is 0 Å². The first-order valence-electron chi connectivity index (χ1n) is 8.70. The van der Waals surface area contributed by atoms with E-state index < -0.39 is 10.2 Å². The first kappa shape index (κ1) is 19.3. The SMILES string of the molecule is CCCNS(=O)(=O)NCC(c1ccc(CC)cc1)N1CCOCC1. The van der Waals surface area contributed by atoms with E-state index in [2.05, 4.69) is 45.5 Å². The minimum absolute atomic E-state index is 0.0120. The lowest BCUT2D eigenvalue weighted by Gasteiger charge is -2.35. The van der Waals surface area contributed by atoms with Crippen molar-refractivity contribution in [2.24, 2.45) is 0 Å². The van der Waals surface area contributed by atoms with Gasteiger partial charge < -0.3 is 4.74 Å². The summed E-state index contributed by atoms with van der Waals surface area (Å²) in [5.74, 6) is 0. The van der Waals surface area contributed by atoms with Crippen LogP contribution in [0, 0.1) is 0 Å². The first-order valence-corrected chi connectivity index (χ1v) is 10.2. The molecule has 0 aromatic heterocycles. The molecular formula is C17H29N3O3S. The molecule has 2 N–H and O–H groups in total. The molecule has 6 nitrogen and oxygen atoms in total. The molecule has 0 saturated carbocycles. The molecule has 1 saturated heterocycles. The molecule has 0 spiro atoms. The number of nitrogens with one attached hydrogen (secondary N) is 2. The van der Waals surface area contributed by atoms with Gasteiger partial charge in [0.05, 0.1) is 13.2 Å². The normalized spacial score (nSPS) is 17.8. The zero-order valence-electron chi connectivity index (χ0n) is 14.6. The van der Waals surface area contributed by atoms with Crippen LogP contribution in [-0.2, 0) is 21.4 Å². The van der Waals surface area contributed by atoms with Gasteiger partial charge in [-0.05, 0) is 24.0 Å². The largest absolute Gasteiger partial charge is 0.379 e. The molecule has 0 bridgehead atoms. The summed E-state index contributed by atoms with van der Waals surface area (Å²) in [6, 6.07) is 8.46. The summed E-state index contributed by atoms with van der Waals surface area (Å²) in [4.78, 5) is 2.28. The average molecular weight is 356 g/mol. The maximum absolute atomic E-state index is 12.0.